The predicted octanol–water partition coefficient (Wildman–Crippen LogP) is 4.82. The Morgan fingerprint density at radius 3 is 2.53 bits per heavy atom. The van der Waals surface area contributed by atoms with Crippen molar-refractivity contribution in [3.05, 3.63) is 26.9 Å². The zero-order chi connectivity index (χ0) is 13.1. The van der Waals surface area contributed by atoms with Crippen molar-refractivity contribution >= 4 is 31.9 Å². The third-order valence-electron chi connectivity index (χ3n) is 2.63. The molecule has 1 heterocycles. The zero-order valence-electron chi connectivity index (χ0n) is 10.6. The minimum Gasteiger partial charge on any atom is -0.323 e. The fraction of sp³-hybridized carbons (Fsp3) is 0.615. The van der Waals surface area contributed by atoms with Crippen molar-refractivity contribution in [2.75, 3.05) is 0 Å². The Balaban J connectivity index is 2.55. The summed E-state index contributed by atoms with van der Waals surface area (Å²) in [5, 5.41) is 0. The first-order chi connectivity index (χ1) is 7.79. The van der Waals surface area contributed by atoms with Crippen LogP contribution in [0.2, 0.25) is 0 Å². The van der Waals surface area contributed by atoms with Crippen molar-refractivity contribution in [1.29, 1.82) is 0 Å². The van der Waals surface area contributed by atoms with E-state index in [1.807, 2.05) is 6.07 Å². The first-order valence-corrected chi connectivity index (χ1v) is 7.45. The van der Waals surface area contributed by atoms with Crippen LogP contribution in [-0.4, -0.2) is 4.98 Å². The maximum Gasteiger partial charge on any atom is 0.0713 e. The summed E-state index contributed by atoms with van der Waals surface area (Å²) in [7, 11) is 0. The van der Waals surface area contributed by atoms with Crippen LogP contribution in [0.25, 0.3) is 0 Å². The highest BCUT2D eigenvalue weighted by atomic mass is 79.9. The molecule has 0 aliphatic carbocycles. The molecule has 0 fully saturated rings. The van der Waals surface area contributed by atoms with Gasteiger partial charge in [0.2, 0.25) is 0 Å². The van der Waals surface area contributed by atoms with E-state index in [1.165, 1.54) is 6.42 Å². The Labute approximate surface area is 121 Å². The summed E-state index contributed by atoms with van der Waals surface area (Å²) in [6.45, 7) is 6.77. The summed E-state index contributed by atoms with van der Waals surface area (Å²) in [5.74, 6) is 0. The van der Waals surface area contributed by atoms with Crippen LogP contribution < -0.4 is 5.73 Å². The van der Waals surface area contributed by atoms with E-state index in [0.717, 1.165) is 27.5 Å². The van der Waals surface area contributed by atoms with Gasteiger partial charge in [0.25, 0.3) is 0 Å². The number of nitrogens with zero attached hydrogens (tertiary/aromatic N) is 1. The topological polar surface area (TPSA) is 38.9 Å². The summed E-state index contributed by atoms with van der Waals surface area (Å²) in [5.41, 5.74) is 7.49. The average molecular weight is 364 g/mol. The van der Waals surface area contributed by atoms with Crippen LogP contribution in [0.15, 0.2) is 21.2 Å². The van der Waals surface area contributed by atoms with E-state index in [-0.39, 0.29) is 6.04 Å². The van der Waals surface area contributed by atoms with Crippen LogP contribution >= 0.6 is 31.9 Å². The van der Waals surface area contributed by atoms with Gasteiger partial charge in [-0.2, -0.15) is 0 Å². The summed E-state index contributed by atoms with van der Waals surface area (Å²) in [6.07, 6.45) is 5.10. The van der Waals surface area contributed by atoms with Crippen LogP contribution in [-0.2, 0) is 0 Å². The third kappa shape index (κ3) is 5.49. The van der Waals surface area contributed by atoms with Gasteiger partial charge in [0.1, 0.15) is 0 Å². The van der Waals surface area contributed by atoms with Gasteiger partial charge in [0.15, 0.2) is 0 Å². The van der Waals surface area contributed by atoms with Crippen LogP contribution in [0.1, 0.15) is 51.8 Å². The van der Waals surface area contributed by atoms with E-state index in [4.69, 9.17) is 5.73 Å². The van der Waals surface area contributed by atoms with Gasteiger partial charge in [-0.25, -0.2) is 0 Å². The smallest absolute Gasteiger partial charge is 0.0713 e. The van der Waals surface area contributed by atoms with Gasteiger partial charge in [-0.3, -0.25) is 4.98 Å². The number of nitrogens with two attached hydrogens (primary N) is 1. The van der Waals surface area contributed by atoms with E-state index in [1.54, 1.807) is 6.20 Å². The molecule has 0 aliphatic rings. The number of halogens is 2. The van der Waals surface area contributed by atoms with Crippen LogP contribution in [0, 0.1) is 5.41 Å². The van der Waals surface area contributed by atoms with Crippen molar-refractivity contribution in [1.82, 2.24) is 4.98 Å². The van der Waals surface area contributed by atoms with Gasteiger partial charge in [-0.15, -0.1) is 0 Å². The molecule has 0 radical (unpaired) electrons. The van der Waals surface area contributed by atoms with Crippen LogP contribution in [0.4, 0.5) is 0 Å². The van der Waals surface area contributed by atoms with E-state index in [9.17, 15) is 0 Å². The largest absolute Gasteiger partial charge is 0.323 e. The maximum absolute atomic E-state index is 6.17. The average Bonchev–Trinajstić information content (AvgIpc) is 2.15. The van der Waals surface area contributed by atoms with Gasteiger partial charge >= 0.3 is 0 Å². The Bertz CT molecular complexity index is 372. The zero-order valence-corrected chi connectivity index (χ0v) is 13.8. The standard InChI is InChI=1S/C13H20Br2N2/c1-13(2,3)6-4-5-11(16)12-10(15)7-9(14)8-17-12/h7-8,11H,4-6,16H2,1-3H3. The molecule has 0 bridgehead atoms. The molecule has 17 heavy (non-hydrogen) atoms. The van der Waals surface area contributed by atoms with Gasteiger partial charge in [0, 0.05) is 21.2 Å². The first-order valence-electron chi connectivity index (χ1n) is 5.86. The molecule has 1 rings (SSSR count). The van der Waals surface area contributed by atoms with Gasteiger partial charge < -0.3 is 5.73 Å². The SMILES string of the molecule is CC(C)(C)CCCC(N)c1ncc(Br)cc1Br. The highest BCUT2D eigenvalue weighted by Crippen LogP contribution is 2.28. The van der Waals surface area contributed by atoms with E-state index < -0.39 is 0 Å². The third-order valence-corrected chi connectivity index (χ3v) is 3.70. The van der Waals surface area contributed by atoms with E-state index in [0.29, 0.717) is 5.41 Å². The lowest BCUT2D eigenvalue weighted by Crippen LogP contribution is -2.14. The lowest BCUT2D eigenvalue weighted by atomic mass is 9.89. The minimum absolute atomic E-state index is 0.0137. The molecule has 0 spiro atoms. The number of rotatable bonds is 4. The van der Waals surface area contributed by atoms with E-state index in [2.05, 4.69) is 57.6 Å². The summed E-state index contributed by atoms with van der Waals surface area (Å²) < 4.78 is 1.95. The van der Waals surface area contributed by atoms with Gasteiger partial charge in [0.05, 0.1) is 5.69 Å². The molecule has 1 unspecified atom stereocenters. The quantitative estimate of drug-likeness (QED) is 0.832. The Hall–Kier alpha value is 0.0700. The molecule has 1 aromatic heterocycles. The lowest BCUT2D eigenvalue weighted by molar-refractivity contribution is 0.352. The Morgan fingerprint density at radius 1 is 1.35 bits per heavy atom. The molecule has 0 amide bonds. The second-order valence-electron chi connectivity index (χ2n) is 5.58. The van der Waals surface area contributed by atoms with Gasteiger partial charge in [-0.1, -0.05) is 27.2 Å². The Morgan fingerprint density at radius 2 is 2.00 bits per heavy atom. The van der Waals surface area contributed by atoms with Crippen molar-refractivity contribution in [2.45, 2.75) is 46.1 Å². The molecule has 1 atom stereocenters. The van der Waals surface area contributed by atoms with Crippen molar-refractivity contribution in [3.63, 3.8) is 0 Å². The second kappa shape index (κ2) is 6.30. The number of pyridine rings is 1. The van der Waals surface area contributed by atoms with Crippen LogP contribution in [0.3, 0.4) is 0 Å². The predicted molar refractivity (Wildman–Crippen MR) is 79.9 cm³/mol. The number of aromatic nitrogens is 1. The fourth-order valence-electron chi connectivity index (χ4n) is 1.69. The van der Waals surface area contributed by atoms with E-state index >= 15 is 0 Å². The maximum atomic E-state index is 6.17. The molecule has 2 N–H and O–H groups in total. The number of hydrogen-bond acceptors (Lipinski definition) is 2. The molecule has 0 saturated carbocycles. The molecule has 0 saturated heterocycles. The minimum atomic E-state index is 0.0137. The molecular formula is C13H20Br2N2. The number of hydrogen-bond donors (Lipinski definition) is 1. The molecule has 2 nitrogen and oxygen atoms in total. The first kappa shape index (κ1) is 15.1. The summed E-state index contributed by atoms with van der Waals surface area (Å²) in [4.78, 5) is 4.37. The fourth-order valence-corrected chi connectivity index (χ4v) is 2.97. The molecular weight excluding hydrogens is 344 g/mol. The van der Waals surface area contributed by atoms with Gasteiger partial charge in [-0.05, 0) is 56.2 Å². The molecule has 96 valence electrons. The molecule has 1 aromatic rings. The second-order valence-corrected chi connectivity index (χ2v) is 7.35. The normalized spacial score (nSPS) is 13.8. The monoisotopic (exact) mass is 362 g/mol. The Kier molecular flexibility index (Phi) is 5.61. The van der Waals surface area contributed by atoms with Crippen molar-refractivity contribution < 1.29 is 0 Å². The highest BCUT2D eigenvalue weighted by Gasteiger charge is 2.14. The molecule has 4 heteroatoms. The van der Waals surface area contributed by atoms with Crippen LogP contribution in [0.5, 0.6) is 0 Å². The summed E-state index contributed by atoms with van der Waals surface area (Å²) in [6, 6.07) is 2.01. The van der Waals surface area contributed by atoms with Crippen molar-refractivity contribution in [2.24, 2.45) is 11.1 Å². The van der Waals surface area contributed by atoms with Crippen molar-refractivity contribution in [3.8, 4) is 0 Å². The highest BCUT2D eigenvalue weighted by molar-refractivity contribution is 9.11. The summed E-state index contributed by atoms with van der Waals surface area (Å²) >= 11 is 6.90. The lowest BCUT2D eigenvalue weighted by Gasteiger charge is -2.19. The molecule has 0 aliphatic heterocycles. The molecule has 0 aromatic carbocycles.